The maximum atomic E-state index is 12.0. The zero-order valence-corrected chi connectivity index (χ0v) is 12.7. The van der Waals surface area contributed by atoms with Crippen LogP contribution in [0, 0.1) is 6.92 Å². The number of Topliss-reactive ketones (excluding diaryl/α,β-unsaturated/α-hetero) is 1. The third kappa shape index (κ3) is 2.87. The number of aromatic amines is 1. The zero-order chi connectivity index (χ0) is 14.8. The molecule has 3 rings (SSSR count). The van der Waals surface area contributed by atoms with Crippen molar-refractivity contribution in [3.63, 3.8) is 0 Å². The number of carbonyl (C=O) groups is 1. The second kappa shape index (κ2) is 6.00. The predicted molar refractivity (Wildman–Crippen MR) is 84.0 cm³/mol. The molecule has 0 bridgehead atoms. The predicted octanol–water partition coefficient (Wildman–Crippen LogP) is 2.55. The van der Waals surface area contributed by atoms with Gasteiger partial charge in [0.15, 0.2) is 5.78 Å². The van der Waals surface area contributed by atoms with Gasteiger partial charge in [0, 0.05) is 41.8 Å². The van der Waals surface area contributed by atoms with Crippen molar-refractivity contribution in [2.75, 3.05) is 32.8 Å². The minimum atomic E-state index is 0.137. The number of benzene rings is 1. The van der Waals surface area contributed by atoms with E-state index in [2.05, 4.69) is 22.0 Å². The van der Waals surface area contributed by atoms with Crippen LogP contribution in [0.25, 0.3) is 10.9 Å². The molecular weight excluding hydrogens is 264 g/mol. The van der Waals surface area contributed by atoms with E-state index < -0.39 is 0 Å². The number of ketones is 1. The molecule has 112 valence electrons. The minimum Gasteiger partial charge on any atom is -0.379 e. The molecule has 0 saturated carbocycles. The largest absolute Gasteiger partial charge is 0.379 e. The van der Waals surface area contributed by atoms with E-state index in [0.29, 0.717) is 0 Å². The lowest BCUT2D eigenvalue weighted by Gasteiger charge is -2.26. The van der Waals surface area contributed by atoms with E-state index in [1.165, 1.54) is 5.56 Å². The Bertz CT molecular complexity index is 654. The van der Waals surface area contributed by atoms with E-state index in [4.69, 9.17) is 4.74 Å². The summed E-state index contributed by atoms with van der Waals surface area (Å²) in [6.07, 6.45) is 0.967. The van der Waals surface area contributed by atoms with Crippen molar-refractivity contribution in [2.24, 2.45) is 0 Å². The summed E-state index contributed by atoms with van der Waals surface area (Å²) in [6.45, 7) is 8.29. The van der Waals surface area contributed by atoms with Crippen LogP contribution in [0.2, 0.25) is 0 Å². The van der Waals surface area contributed by atoms with E-state index in [1.807, 2.05) is 13.0 Å². The molecule has 2 aromatic rings. The molecule has 4 heteroatoms. The van der Waals surface area contributed by atoms with Gasteiger partial charge in [0.2, 0.25) is 0 Å². The van der Waals surface area contributed by atoms with Crippen LogP contribution in [-0.2, 0) is 11.2 Å². The highest BCUT2D eigenvalue weighted by atomic mass is 16.5. The molecular formula is C17H22N2O2. The average molecular weight is 286 g/mol. The lowest BCUT2D eigenvalue weighted by molar-refractivity contribution is 0.0385. The van der Waals surface area contributed by atoms with E-state index in [9.17, 15) is 4.79 Å². The maximum Gasteiger partial charge on any atom is 0.162 e. The number of hydrogen-bond donors (Lipinski definition) is 1. The minimum absolute atomic E-state index is 0.137. The third-order valence-electron chi connectivity index (χ3n) is 4.25. The van der Waals surface area contributed by atoms with Crippen LogP contribution >= 0.6 is 0 Å². The fourth-order valence-electron chi connectivity index (χ4n) is 3.20. The Morgan fingerprint density at radius 1 is 1.33 bits per heavy atom. The van der Waals surface area contributed by atoms with Crippen molar-refractivity contribution in [2.45, 2.75) is 20.3 Å². The van der Waals surface area contributed by atoms with Crippen LogP contribution in [0.1, 0.15) is 28.5 Å². The molecule has 2 heterocycles. The molecule has 4 nitrogen and oxygen atoms in total. The molecule has 1 aliphatic rings. The molecule has 0 amide bonds. The van der Waals surface area contributed by atoms with Gasteiger partial charge in [-0.05, 0) is 31.9 Å². The Hall–Kier alpha value is -1.65. The fraction of sp³-hybridized carbons (Fsp3) is 0.471. The van der Waals surface area contributed by atoms with E-state index in [0.717, 1.165) is 61.4 Å². The summed E-state index contributed by atoms with van der Waals surface area (Å²) in [7, 11) is 0. The van der Waals surface area contributed by atoms with Crippen molar-refractivity contribution in [1.29, 1.82) is 0 Å². The SMILES string of the molecule is CC(=O)c1c(C)[nH]c2cccc(CCN3CCOCC3)c12. The van der Waals surface area contributed by atoms with Crippen LogP contribution in [0.5, 0.6) is 0 Å². The van der Waals surface area contributed by atoms with E-state index in [1.54, 1.807) is 6.92 Å². The van der Waals surface area contributed by atoms with Crippen LogP contribution in [0.3, 0.4) is 0 Å². The third-order valence-corrected chi connectivity index (χ3v) is 4.25. The second-order valence-corrected chi connectivity index (χ2v) is 5.72. The topological polar surface area (TPSA) is 45.3 Å². The number of hydrogen-bond acceptors (Lipinski definition) is 3. The average Bonchev–Trinajstić information content (AvgIpc) is 2.82. The number of H-pyrrole nitrogens is 1. The Labute approximate surface area is 125 Å². The normalized spacial score (nSPS) is 16.5. The summed E-state index contributed by atoms with van der Waals surface area (Å²) in [5.74, 6) is 0.137. The van der Waals surface area contributed by atoms with Crippen molar-refractivity contribution in [3.05, 3.63) is 35.0 Å². The van der Waals surface area contributed by atoms with Crippen molar-refractivity contribution in [1.82, 2.24) is 9.88 Å². The molecule has 0 unspecified atom stereocenters. The molecule has 1 aromatic heterocycles. The summed E-state index contributed by atoms with van der Waals surface area (Å²) >= 11 is 0. The van der Waals surface area contributed by atoms with Crippen molar-refractivity contribution >= 4 is 16.7 Å². The van der Waals surface area contributed by atoms with Gasteiger partial charge in [0.05, 0.1) is 13.2 Å². The first-order valence-electron chi connectivity index (χ1n) is 7.58. The number of aryl methyl sites for hydroxylation is 1. The van der Waals surface area contributed by atoms with Crippen LogP contribution in [-0.4, -0.2) is 48.5 Å². The first kappa shape index (κ1) is 14.3. The highest BCUT2D eigenvalue weighted by Crippen LogP contribution is 2.26. The van der Waals surface area contributed by atoms with Gasteiger partial charge in [-0.1, -0.05) is 12.1 Å². The van der Waals surface area contributed by atoms with Gasteiger partial charge in [0.25, 0.3) is 0 Å². The number of nitrogens with zero attached hydrogens (tertiary/aromatic N) is 1. The van der Waals surface area contributed by atoms with Gasteiger partial charge in [-0.15, -0.1) is 0 Å². The number of nitrogens with one attached hydrogen (secondary N) is 1. The maximum absolute atomic E-state index is 12.0. The number of morpholine rings is 1. The summed E-state index contributed by atoms with van der Waals surface area (Å²) in [4.78, 5) is 17.7. The van der Waals surface area contributed by atoms with Gasteiger partial charge in [-0.25, -0.2) is 0 Å². The summed E-state index contributed by atoms with van der Waals surface area (Å²) in [6, 6.07) is 6.26. The van der Waals surface area contributed by atoms with Crippen LogP contribution < -0.4 is 0 Å². The molecule has 1 N–H and O–H groups in total. The molecule has 0 radical (unpaired) electrons. The molecule has 1 fully saturated rings. The highest BCUT2D eigenvalue weighted by Gasteiger charge is 2.16. The smallest absolute Gasteiger partial charge is 0.162 e. The van der Waals surface area contributed by atoms with Gasteiger partial charge >= 0.3 is 0 Å². The first-order valence-corrected chi connectivity index (χ1v) is 7.58. The molecule has 0 aliphatic carbocycles. The lowest BCUT2D eigenvalue weighted by atomic mass is 10.00. The van der Waals surface area contributed by atoms with Gasteiger partial charge < -0.3 is 9.72 Å². The molecule has 0 atom stereocenters. The highest BCUT2D eigenvalue weighted by molar-refractivity contribution is 6.09. The molecule has 0 spiro atoms. The van der Waals surface area contributed by atoms with Crippen molar-refractivity contribution in [3.8, 4) is 0 Å². The standard InChI is InChI=1S/C17H22N2O2/c1-12-16(13(2)20)17-14(4-3-5-15(17)18-12)6-7-19-8-10-21-11-9-19/h3-5,18H,6-11H2,1-2H3. The Kier molecular flexibility index (Phi) is 4.08. The number of ether oxygens (including phenoxy) is 1. The van der Waals surface area contributed by atoms with Gasteiger partial charge in [-0.3, -0.25) is 9.69 Å². The quantitative estimate of drug-likeness (QED) is 0.879. The first-order chi connectivity index (χ1) is 10.2. The van der Waals surface area contributed by atoms with Gasteiger partial charge in [-0.2, -0.15) is 0 Å². The van der Waals surface area contributed by atoms with Crippen molar-refractivity contribution < 1.29 is 9.53 Å². The fourth-order valence-corrected chi connectivity index (χ4v) is 3.20. The van der Waals surface area contributed by atoms with Gasteiger partial charge in [0.1, 0.15) is 0 Å². The Balaban J connectivity index is 1.89. The molecule has 1 aromatic carbocycles. The number of fused-ring (bicyclic) bond motifs is 1. The number of carbonyl (C=O) groups excluding carboxylic acids is 1. The molecule has 21 heavy (non-hydrogen) atoms. The van der Waals surface area contributed by atoms with E-state index >= 15 is 0 Å². The molecule has 1 aliphatic heterocycles. The lowest BCUT2D eigenvalue weighted by Crippen LogP contribution is -2.37. The summed E-state index contributed by atoms with van der Waals surface area (Å²) in [5, 5.41) is 1.11. The van der Waals surface area contributed by atoms with Crippen LogP contribution in [0.4, 0.5) is 0 Å². The monoisotopic (exact) mass is 286 g/mol. The van der Waals surface area contributed by atoms with E-state index in [-0.39, 0.29) is 5.78 Å². The Morgan fingerprint density at radius 3 is 2.81 bits per heavy atom. The summed E-state index contributed by atoms with van der Waals surface area (Å²) in [5.41, 5.74) is 4.14. The number of aromatic nitrogens is 1. The number of rotatable bonds is 4. The van der Waals surface area contributed by atoms with Crippen LogP contribution in [0.15, 0.2) is 18.2 Å². The summed E-state index contributed by atoms with van der Waals surface area (Å²) < 4.78 is 5.38. The second-order valence-electron chi connectivity index (χ2n) is 5.72. The zero-order valence-electron chi connectivity index (χ0n) is 12.7. The Morgan fingerprint density at radius 2 is 2.10 bits per heavy atom. The molecule has 1 saturated heterocycles.